The highest BCUT2D eigenvalue weighted by molar-refractivity contribution is 6.05. The Bertz CT molecular complexity index is 1120. The lowest BCUT2D eigenvalue weighted by atomic mass is 9.96. The lowest BCUT2D eigenvalue weighted by molar-refractivity contribution is -0.141. The molecule has 6 nitrogen and oxygen atoms in total. The van der Waals surface area contributed by atoms with Crippen molar-refractivity contribution in [1.29, 1.82) is 0 Å². The lowest BCUT2D eigenvalue weighted by Crippen LogP contribution is -2.17. The molecule has 1 aliphatic carbocycles. The van der Waals surface area contributed by atoms with Crippen LogP contribution in [0.15, 0.2) is 30.5 Å². The number of carbonyl (C=O) groups is 1. The van der Waals surface area contributed by atoms with Gasteiger partial charge in [0.15, 0.2) is 11.6 Å². The van der Waals surface area contributed by atoms with Gasteiger partial charge in [0, 0.05) is 11.6 Å². The number of nitrogens with zero attached hydrogens (tertiary/aromatic N) is 3. The maximum atomic E-state index is 15.1. The summed E-state index contributed by atoms with van der Waals surface area (Å²) >= 11 is 0. The Morgan fingerprint density at radius 2 is 1.97 bits per heavy atom. The van der Waals surface area contributed by atoms with Gasteiger partial charge in [-0.3, -0.25) is 9.48 Å². The Morgan fingerprint density at radius 3 is 2.65 bits per heavy atom. The molecule has 0 radical (unpaired) electrons. The number of hydrogen-bond donors (Lipinski definition) is 1. The van der Waals surface area contributed by atoms with Crippen LogP contribution in [0.25, 0.3) is 10.9 Å². The Balaban J connectivity index is 1.67. The van der Waals surface area contributed by atoms with E-state index >= 15 is 4.39 Å². The van der Waals surface area contributed by atoms with Crippen molar-refractivity contribution in [2.45, 2.75) is 44.3 Å². The van der Waals surface area contributed by atoms with E-state index in [1.807, 2.05) is 0 Å². The largest absolute Gasteiger partial charge is 0.491 e. The van der Waals surface area contributed by atoms with Gasteiger partial charge >= 0.3 is 6.18 Å². The molecule has 0 spiro atoms. The molecule has 0 unspecified atom stereocenters. The van der Waals surface area contributed by atoms with Crippen molar-refractivity contribution < 1.29 is 27.1 Å². The lowest BCUT2D eigenvalue weighted by Gasteiger charge is -2.21. The molecule has 1 aromatic carbocycles. The average Bonchev–Trinajstić information content (AvgIpc) is 3.19. The van der Waals surface area contributed by atoms with Crippen LogP contribution in [0.2, 0.25) is 0 Å². The third-order valence-electron chi connectivity index (χ3n) is 5.39. The molecule has 3 aromatic rings. The van der Waals surface area contributed by atoms with E-state index < -0.39 is 29.3 Å². The third-order valence-corrected chi connectivity index (χ3v) is 5.39. The number of methoxy groups -OCH3 is 1. The Hall–Kier alpha value is -3.17. The maximum absolute atomic E-state index is 15.1. The number of amides is 1. The first-order chi connectivity index (χ1) is 14.8. The number of nitrogens with one attached hydrogen (secondary N) is 1. The highest BCUT2D eigenvalue weighted by Gasteiger charge is 2.33. The van der Waals surface area contributed by atoms with E-state index in [4.69, 9.17) is 4.74 Å². The van der Waals surface area contributed by atoms with Crippen LogP contribution in [-0.2, 0) is 6.18 Å². The predicted molar refractivity (Wildman–Crippen MR) is 106 cm³/mol. The van der Waals surface area contributed by atoms with Gasteiger partial charge in [-0.25, -0.2) is 9.37 Å². The van der Waals surface area contributed by atoms with Gasteiger partial charge in [0.25, 0.3) is 5.91 Å². The molecule has 1 amide bonds. The van der Waals surface area contributed by atoms with Crippen LogP contribution in [0.4, 0.5) is 23.2 Å². The molecule has 2 heterocycles. The van der Waals surface area contributed by atoms with Gasteiger partial charge in [0.05, 0.1) is 18.8 Å². The zero-order chi connectivity index (χ0) is 22.2. The summed E-state index contributed by atoms with van der Waals surface area (Å²) in [7, 11) is 1.24. The minimum atomic E-state index is -4.69. The SMILES string of the molecule is COc1c(NC(=O)c2cccc(C(F)(F)F)n2)cc2cn(C3CCCCC3)nc2c1F. The van der Waals surface area contributed by atoms with E-state index in [2.05, 4.69) is 15.4 Å². The van der Waals surface area contributed by atoms with Crippen LogP contribution in [-0.4, -0.2) is 27.8 Å². The molecular formula is C21H20F4N4O2. The molecule has 0 bridgehead atoms. The standard InChI is InChI=1S/C21H20F4N4O2/c1-31-19-15(27-20(30)14-8-5-9-16(26-14)21(23,24)25)10-12-11-29(28-18(12)17(19)22)13-6-3-2-4-7-13/h5,8-11,13H,2-4,6-7H2,1H3,(H,27,30). The van der Waals surface area contributed by atoms with E-state index in [1.165, 1.54) is 19.6 Å². The molecule has 1 fully saturated rings. The molecule has 0 atom stereocenters. The summed E-state index contributed by atoms with van der Waals surface area (Å²) in [6.45, 7) is 0. The number of hydrogen-bond acceptors (Lipinski definition) is 4. The first-order valence-corrected chi connectivity index (χ1v) is 9.89. The summed E-state index contributed by atoms with van der Waals surface area (Å²) < 4.78 is 60.6. The van der Waals surface area contributed by atoms with Crippen molar-refractivity contribution in [3.05, 3.63) is 47.7 Å². The van der Waals surface area contributed by atoms with E-state index in [1.54, 1.807) is 10.9 Å². The Labute approximate surface area is 175 Å². The molecular weight excluding hydrogens is 416 g/mol. The number of benzene rings is 1. The molecule has 1 N–H and O–H groups in total. The topological polar surface area (TPSA) is 69.0 Å². The van der Waals surface area contributed by atoms with Gasteiger partial charge in [-0.15, -0.1) is 0 Å². The fourth-order valence-corrected chi connectivity index (χ4v) is 3.86. The average molecular weight is 436 g/mol. The smallest absolute Gasteiger partial charge is 0.433 e. The van der Waals surface area contributed by atoms with Gasteiger partial charge in [-0.1, -0.05) is 25.3 Å². The number of halogens is 4. The second-order valence-electron chi connectivity index (χ2n) is 7.47. The Kier molecular flexibility index (Phi) is 5.55. The van der Waals surface area contributed by atoms with Crippen molar-refractivity contribution in [1.82, 2.24) is 14.8 Å². The molecule has 31 heavy (non-hydrogen) atoms. The highest BCUT2D eigenvalue weighted by atomic mass is 19.4. The van der Waals surface area contributed by atoms with Crippen LogP contribution in [0.3, 0.4) is 0 Å². The summed E-state index contributed by atoms with van der Waals surface area (Å²) in [6.07, 6.45) is 2.27. The molecule has 0 aliphatic heterocycles. The minimum absolute atomic E-state index is 0.0140. The summed E-state index contributed by atoms with van der Waals surface area (Å²) in [5, 5.41) is 7.24. The highest BCUT2D eigenvalue weighted by Crippen LogP contribution is 2.36. The Morgan fingerprint density at radius 1 is 1.23 bits per heavy atom. The summed E-state index contributed by atoms with van der Waals surface area (Å²) in [6, 6.07) is 4.67. The van der Waals surface area contributed by atoms with Crippen LogP contribution in [0.1, 0.15) is 54.3 Å². The monoisotopic (exact) mass is 436 g/mol. The van der Waals surface area contributed by atoms with Gasteiger partial charge in [0.2, 0.25) is 0 Å². The number of alkyl halides is 3. The van der Waals surface area contributed by atoms with Crippen LogP contribution in [0, 0.1) is 5.82 Å². The third kappa shape index (κ3) is 4.19. The van der Waals surface area contributed by atoms with Gasteiger partial charge in [0.1, 0.15) is 16.9 Å². The van der Waals surface area contributed by atoms with E-state index in [9.17, 15) is 18.0 Å². The summed E-state index contributed by atoms with van der Waals surface area (Å²) in [5.41, 5.74) is -1.55. The molecule has 4 rings (SSSR count). The van der Waals surface area contributed by atoms with E-state index in [0.717, 1.165) is 43.9 Å². The number of anilines is 1. The molecule has 10 heteroatoms. The molecule has 0 saturated heterocycles. The van der Waals surface area contributed by atoms with Gasteiger partial charge < -0.3 is 10.1 Å². The number of aromatic nitrogens is 3. The number of ether oxygens (including phenoxy) is 1. The fourth-order valence-electron chi connectivity index (χ4n) is 3.86. The van der Waals surface area contributed by atoms with E-state index in [0.29, 0.717) is 5.39 Å². The van der Waals surface area contributed by atoms with Crippen molar-refractivity contribution in [3.63, 3.8) is 0 Å². The van der Waals surface area contributed by atoms with Crippen molar-refractivity contribution in [3.8, 4) is 5.75 Å². The number of fused-ring (bicyclic) bond motifs is 1. The molecule has 2 aromatic heterocycles. The summed E-state index contributed by atoms with van der Waals surface area (Å²) in [4.78, 5) is 15.9. The van der Waals surface area contributed by atoms with Crippen LogP contribution >= 0.6 is 0 Å². The maximum Gasteiger partial charge on any atom is 0.433 e. The second kappa shape index (κ2) is 8.16. The van der Waals surface area contributed by atoms with Crippen LogP contribution < -0.4 is 10.1 Å². The molecule has 164 valence electrons. The molecule has 1 aliphatic rings. The normalized spacial score (nSPS) is 15.3. The zero-order valence-corrected chi connectivity index (χ0v) is 16.7. The first-order valence-electron chi connectivity index (χ1n) is 9.89. The van der Waals surface area contributed by atoms with Crippen molar-refractivity contribution >= 4 is 22.5 Å². The zero-order valence-electron chi connectivity index (χ0n) is 16.7. The van der Waals surface area contributed by atoms with Crippen LogP contribution in [0.5, 0.6) is 5.75 Å². The second-order valence-corrected chi connectivity index (χ2v) is 7.47. The van der Waals surface area contributed by atoms with Crippen molar-refractivity contribution in [2.75, 3.05) is 12.4 Å². The summed E-state index contributed by atoms with van der Waals surface area (Å²) in [5.74, 6) is -1.91. The quantitative estimate of drug-likeness (QED) is 0.560. The van der Waals surface area contributed by atoms with Crippen molar-refractivity contribution in [2.24, 2.45) is 0 Å². The van der Waals surface area contributed by atoms with E-state index in [-0.39, 0.29) is 23.0 Å². The van der Waals surface area contributed by atoms with Gasteiger partial charge in [-0.05, 0) is 31.0 Å². The number of rotatable bonds is 4. The fraction of sp³-hybridized carbons (Fsp3) is 0.381. The predicted octanol–water partition coefficient (Wildman–Crippen LogP) is 5.36. The first kappa shape index (κ1) is 21.1. The minimum Gasteiger partial charge on any atom is -0.491 e. The molecule has 1 saturated carbocycles. The van der Waals surface area contributed by atoms with Gasteiger partial charge in [-0.2, -0.15) is 18.3 Å². The number of pyridine rings is 1. The number of carbonyl (C=O) groups excluding carboxylic acids is 1.